The second-order valence-electron chi connectivity index (χ2n) is 4.43. The maximum absolute atomic E-state index is 11.6. The molecule has 0 amide bonds. The summed E-state index contributed by atoms with van der Waals surface area (Å²) < 4.78 is 0. The van der Waals surface area contributed by atoms with Gasteiger partial charge in [-0.25, -0.2) is 4.79 Å². The van der Waals surface area contributed by atoms with Gasteiger partial charge in [0.1, 0.15) is 0 Å². The fourth-order valence-corrected chi connectivity index (χ4v) is 2.72. The Morgan fingerprint density at radius 2 is 2.12 bits per heavy atom. The number of aliphatic carboxylic acids is 1. The van der Waals surface area contributed by atoms with Crippen LogP contribution in [0.3, 0.4) is 0 Å². The van der Waals surface area contributed by atoms with E-state index in [2.05, 4.69) is 5.32 Å². The first-order valence-electron chi connectivity index (χ1n) is 5.84. The molecule has 1 heterocycles. The summed E-state index contributed by atoms with van der Waals surface area (Å²) in [7, 11) is 0. The van der Waals surface area contributed by atoms with E-state index in [1.165, 1.54) is 0 Å². The van der Waals surface area contributed by atoms with Gasteiger partial charge in [-0.1, -0.05) is 30.3 Å². The summed E-state index contributed by atoms with van der Waals surface area (Å²) >= 11 is 6.44. The Bertz CT molecular complexity index is 390. The number of piperidine rings is 1. The van der Waals surface area contributed by atoms with Gasteiger partial charge in [0.15, 0.2) is 4.87 Å². The van der Waals surface area contributed by atoms with E-state index in [4.69, 9.17) is 11.6 Å². The van der Waals surface area contributed by atoms with Gasteiger partial charge in [-0.3, -0.25) is 0 Å². The zero-order chi connectivity index (χ0) is 12.3. The molecule has 1 fully saturated rings. The van der Waals surface area contributed by atoms with Gasteiger partial charge in [0.25, 0.3) is 0 Å². The van der Waals surface area contributed by atoms with Crippen molar-refractivity contribution in [1.29, 1.82) is 0 Å². The average Bonchev–Trinajstić information content (AvgIpc) is 2.39. The molecule has 3 nitrogen and oxygen atoms in total. The minimum atomic E-state index is -1.31. The van der Waals surface area contributed by atoms with Crippen LogP contribution in [0, 0.1) is 5.92 Å². The van der Waals surface area contributed by atoms with Crippen molar-refractivity contribution < 1.29 is 9.90 Å². The molecule has 2 N–H and O–H groups in total. The van der Waals surface area contributed by atoms with Crippen LogP contribution < -0.4 is 5.32 Å². The molecule has 0 spiro atoms. The van der Waals surface area contributed by atoms with Gasteiger partial charge in [-0.15, -0.1) is 11.6 Å². The Balaban J connectivity index is 2.35. The smallest absolute Gasteiger partial charge is 0.329 e. The minimum absolute atomic E-state index is 0.0715. The molecule has 1 saturated heterocycles. The van der Waals surface area contributed by atoms with Gasteiger partial charge in [-0.05, 0) is 24.9 Å². The second kappa shape index (κ2) is 5.07. The molecule has 0 aliphatic carbocycles. The highest BCUT2D eigenvalue weighted by atomic mass is 35.5. The molecule has 92 valence electrons. The third-order valence-electron chi connectivity index (χ3n) is 3.36. The van der Waals surface area contributed by atoms with Crippen LogP contribution in [0.25, 0.3) is 0 Å². The van der Waals surface area contributed by atoms with Crippen molar-refractivity contribution >= 4 is 17.6 Å². The number of nitrogens with one attached hydrogen (secondary N) is 1. The topological polar surface area (TPSA) is 49.3 Å². The van der Waals surface area contributed by atoms with Crippen LogP contribution in [-0.2, 0) is 9.67 Å². The first-order chi connectivity index (χ1) is 8.15. The number of benzene rings is 1. The number of hydrogen-bond donors (Lipinski definition) is 2. The Morgan fingerprint density at radius 1 is 1.41 bits per heavy atom. The third-order valence-corrected chi connectivity index (χ3v) is 4.05. The van der Waals surface area contributed by atoms with Crippen LogP contribution in [0.15, 0.2) is 30.3 Å². The highest BCUT2D eigenvalue weighted by Gasteiger charge is 2.45. The highest BCUT2D eigenvalue weighted by Crippen LogP contribution is 2.40. The summed E-state index contributed by atoms with van der Waals surface area (Å²) in [5.74, 6) is -1.03. The summed E-state index contributed by atoms with van der Waals surface area (Å²) in [6, 6.07) is 9.09. The second-order valence-corrected chi connectivity index (χ2v) is 5.02. The highest BCUT2D eigenvalue weighted by molar-refractivity contribution is 6.33. The summed E-state index contributed by atoms with van der Waals surface area (Å²) in [6.45, 7) is 1.60. The minimum Gasteiger partial charge on any atom is -0.480 e. The van der Waals surface area contributed by atoms with Gasteiger partial charge in [0, 0.05) is 12.5 Å². The van der Waals surface area contributed by atoms with Gasteiger partial charge in [0.05, 0.1) is 0 Å². The molecule has 2 unspecified atom stereocenters. The lowest BCUT2D eigenvalue weighted by Crippen LogP contribution is -2.45. The molecular weight excluding hydrogens is 238 g/mol. The first-order valence-corrected chi connectivity index (χ1v) is 6.22. The number of rotatable bonds is 3. The molecule has 1 aromatic rings. The standard InChI is InChI=1S/C13H16ClNO2/c14-13(12(16)17,10-5-2-1-3-6-10)11-7-4-8-15-9-11/h1-3,5-6,11,15H,4,7-9H2,(H,16,17). The SMILES string of the molecule is O=C(O)C(Cl)(c1ccccc1)C1CCCNC1. The molecule has 17 heavy (non-hydrogen) atoms. The van der Waals surface area contributed by atoms with Crippen LogP contribution >= 0.6 is 11.6 Å². The van der Waals surface area contributed by atoms with E-state index in [0.29, 0.717) is 12.1 Å². The van der Waals surface area contributed by atoms with Gasteiger partial charge in [-0.2, -0.15) is 0 Å². The number of carboxylic acids is 1. The van der Waals surface area contributed by atoms with Gasteiger partial charge in [0.2, 0.25) is 0 Å². The van der Waals surface area contributed by atoms with Gasteiger partial charge >= 0.3 is 5.97 Å². The Hall–Kier alpha value is -1.06. The monoisotopic (exact) mass is 253 g/mol. The predicted molar refractivity (Wildman–Crippen MR) is 67.2 cm³/mol. The number of carbonyl (C=O) groups is 1. The van der Waals surface area contributed by atoms with E-state index in [-0.39, 0.29) is 5.92 Å². The van der Waals surface area contributed by atoms with Crippen molar-refractivity contribution in [2.45, 2.75) is 17.7 Å². The van der Waals surface area contributed by atoms with E-state index in [9.17, 15) is 9.90 Å². The fraction of sp³-hybridized carbons (Fsp3) is 0.462. The van der Waals surface area contributed by atoms with Crippen LogP contribution in [-0.4, -0.2) is 24.2 Å². The number of hydrogen-bond acceptors (Lipinski definition) is 2. The molecule has 4 heteroatoms. The molecule has 1 aliphatic rings. The van der Waals surface area contributed by atoms with E-state index < -0.39 is 10.8 Å². The molecular formula is C13H16ClNO2. The van der Waals surface area contributed by atoms with E-state index in [1.54, 1.807) is 12.1 Å². The zero-order valence-corrected chi connectivity index (χ0v) is 10.3. The van der Waals surface area contributed by atoms with Crippen LogP contribution in [0.1, 0.15) is 18.4 Å². The zero-order valence-electron chi connectivity index (χ0n) is 9.53. The van der Waals surface area contributed by atoms with Crippen molar-refractivity contribution in [2.24, 2.45) is 5.92 Å². The Morgan fingerprint density at radius 3 is 2.65 bits per heavy atom. The van der Waals surface area contributed by atoms with Crippen molar-refractivity contribution in [3.63, 3.8) is 0 Å². The molecule has 0 saturated carbocycles. The maximum atomic E-state index is 11.6. The summed E-state index contributed by atoms with van der Waals surface area (Å²) in [4.78, 5) is 10.3. The van der Waals surface area contributed by atoms with Crippen LogP contribution in [0.2, 0.25) is 0 Å². The molecule has 0 radical (unpaired) electrons. The van der Waals surface area contributed by atoms with E-state index in [1.807, 2.05) is 18.2 Å². The largest absolute Gasteiger partial charge is 0.480 e. The maximum Gasteiger partial charge on any atom is 0.329 e. The lowest BCUT2D eigenvalue weighted by atomic mass is 9.81. The summed E-state index contributed by atoms with van der Waals surface area (Å²) in [6.07, 6.45) is 1.82. The lowest BCUT2D eigenvalue weighted by molar-refractivity contribution is -0.142. The number of alkyl halides is 1. The first kappa shape index (κ1) is 12.4. The molecule has 0 bridgehead atoms. The van der Waals surface area contributed by atoms with Crippen molar-refractivity contribution in [3.8, 4) is 0 Å². The Labute approximate surface area is 106 Å². The normalized spacial score (nSPS) is 23.9. The quantitative estimate of drug-likeness (QED) is 0.812. The predicted octanol–water partition coefficient (Wildman–Crippen LogP) is 2.20. The molecule has 1 aliphatic heterocycles. The fourth-order valence-electron chi connectivity index (χ4n) is 2.41. The average molecular weight is 254 g/mol. The lowest BCUT2D eigenvalue weighted by Gasteiger charge is -2.35. The Kier molecular flexibility index (Phi) is 3.69. The summed E-state index contributed by atoms with van der Waals surface area (Å²) in [5, 5.41) is 12.7. The third kappa shape index (κ3) is 2.31. The molecule has 0 aromatic heterocycles. The number of carboxylic acid groups (broad SMARTS) is 1. The van der Waals surface area contributed by atoms with E-state index >= 15 is 0 Å². The van der Waals surface area contributed by atoms with Crippen molar-refractivity contribution in [1.82, 2.24) is 5.32 Å². The van der Waals surface area contributed by atoms with Crippen LogP contribution in [0.4, 0.5) is 0 Å². The molecule has 2 atom stereocenters. The van der Waals surface area contributed by atoms with Crippen molar-refractivity contribution in [2.75, 3.05) is 13.1 Å². The number of halogens is 1. The molecule has 1 aromatic carbocycles. The van der Waals surface area contributed by atoms with E-state index in [0.717, 1.165) is 19.4 Å². The summed E-state index contributed by atoms with van der Waals surface area (Å²) in [5.41, 5.74) is 0.669. The van der Waals surface area contributed by atoms with Crippen LogP contribution in [0.5, 0.6) is 0 Å². The molecule has 2 rings (SSSR count). The van der Waals surface area contributed by atoms with Gasteiger partial charge < -0.3 is 10.4 Å². The van der Waals surface area contributed by atoms with Crippen molar-refractivity contribution in [3.05, 3.63) is 35.9 Å².